The SMILES string of the molecule is CO/N=C1/C[C@@H](C(=O)NCC[C@H](O)c2ccccc2)N(C(=O)c2ccc(-c3ccccc3)cc2)C1. The van der Waals surface area contributed by atoms with Crippen LogP contribution in [0.15, 0.2) is 90.1 Å². The van der Waals surface area contributed by atoms with Crippen molar-refractivity contribution in [3.05, 3.63) is 96.1 Å². The molecular weight excluding hydrogens is 442 g/mol. The van der Waals surface area contributed by atoms with Crippen molar-refractivity contribution in [2.24, 2.45) is 5.16 Å². The number of nitrogens with one attached hydrogen (secondary N) is 1. The van der Waals surface area contributed by atoms with Gasteiger partial charge in [0.1, 0.15) is 13.2 Å². The lowest BCUT2D eigenvalue weighted by molar-refractivity contribution is -0.124. The summed E-state index contributed by atoms with van der Waals surface area (Å²) in [4.78, 5) is 32.8. The monoisotopic (exact) mass is 471 g/mol. The molecule has 0 saturated carbocycles. The number of oxime groups is 1. The maximum atomic E-state index is 13.3. The molecule has 0 aliphatic carbocycles. The van der Waals surface area contributed by atoms with Crippen LogP contribution in [0.4, 0.5) is 0 Å². The highest BCUT2D eigenvalue weighted by Gasteiger charge is 2.38. The van der Waals surface area contributed by atoms with E-state index in [1.165, 1.54) is 12.0 Å². The van der Waals surface area contributed by atoms with Crippen LogP contribution in [0.2, 0.25) is 0 Å². The molecule has 0 unspecified atom stereocenters. The van der Waals surface area contributed by atoms with Crippen molar-refractivity contribution >= 4 is 17.5 Å². The van der Waals surface area contributed by atoms with Gasteiger partial charge in [-0.15, -0.1) is 0 Å². The van der Waals surface area contributed by atoms with Crippen LogP contribution in [0.25, 0.3) is 11.1 Å². The Labute approximate surface area is 205 Å². The highest BCUT2D eigenvalue weighted by Crippen LogP contribution is 2.23. The molecule has 1 aliphatic rings. The molecule has 1 saturated heterocycles. The van der Waals surface area contributed by atoms with Crippen LogP contribution in [-0.2, 0) is 9.63 Å². The van der Waals surface area contributed by atoms with Gasteiger partial charge < -0.3 is 20.2 Å². The second-order valence-corrected chi connectivity index (χ2v) is 8.44. The van der Waals surface area contributed by atoms with E-state index in [4.69, 9.17) is 4.84 Å². The predicted octanol–water partition coefficient (Wildman–Crippen LogP) is 3.81. The first-order chi connectivity index (χ1) is 17.1. The van der Waals surface area contributed by atoms with E-state index in [1.54, 1.807) is 12.1 Å². The van der Waals surface area contributed by atoms with E-state index in [0.717, 1.165) is 16.7 Å². The summed E-state index contributed by atoms with van der Waals surface area (Å²) < 4.78 is 0. The topological polar surface area (TPSA) is 91.2 Å². The summed E-state index contributed by atoms with van der Waals surface area (Å²) >= 11 is 0. The molecule has 4 rings (SSSR count). The largest absolute Gasteiger partial charge is 0.399 e. The quantitative estimate of drug-likeness (QED) is 0.489. The smallest absolute Gasteiger partial charge is 0.254 e. The van der Waals surface area contributed by atoms with Crippen molar-refractivity contribution in [2.45, 2.75) is 25.0 Å². The van der Waals surface area contributed by atoms with E-state index in [9.17, 15) is 14.7 Å². The number of carbonyl (C=O) groups is 2. The highest BCUT2D eigenvalue weighted by atomic mass is 16.6. The standard InChI is InChI=1S/C28H29N3O4/c1-35-30-24-18-25(27(33)29-17-16-26(32)22-10-6-3-7-11-22)31(19-24)28(34)23-14-12-21(13-15-23)20-8-4-2-5-9-20/h2-15,25-26,32H,16-19H2,1H3,(H,29,33)/b30-24-/t25-,26-/m0/s1. The molecule has 1 heterocycles. The van der Waals surface area contributed by atoms with Crippen LogP contribution in [0.1, 0.15) is 34.9 Å². The first kappa shape index (κ1) is 24.2. The third-order valence-electron chi connectivity index (χ3n) is 6.08. The number of rotatable bonds is 8. The number of aliphatic hydroxyl groups excluding tert-OH is 1. The lowest BCUT2D eigenvalue weighted by atomic mass is 10.0. The van der Waals surface area contributed by atoms with Gasteiger partial charge in [-0.2, -0.15) is 0 Å². The number of amides is 2. The number of likely N-dealkylation sites (tertiary alicyclic amines) is 1. The van der Waals surface area contributed by atoms with Gasteiger partial charge in [0.25, 0.3) is 5.91 Å². The van der Waals surface area contributed by atoms with Crippen molar-refractivity contribution in [1.82, 2.24) is 10.2 Å². The summed E-state index contributed by atoms with van der Waals surface area (Å²) in [5.74, 6) is -0.517. The number of hydrogen-bond donors (Lipinski definition) is 2. The van der Waals surface area contributed by atoms with Gasteiger partial charge in [0, 0.05) is 18.5 Å². The Hall–Kier alpha value is -3.97. The van der Waals surface area contributed by atoms with Gasteiger partial charge in [-0.1, -0.05) is 78.0 Å². The zero-order chi connectivity index (χ0) is 24.6. The predicted molar refractivity (Wildman–Crippen MR) is 135 cm³/mol. The number of benzene rings is 3. The molecule has 2 atom stereocenters. The lowest BCUT2D eigenvalue weighted by Gasteiger charge is -2.24. The number of nitrogens with zero attached hydrogens (tertiary/aromatic N) is 2. The minimum absolute atomic E-state index is 0.220. The molecule has 2 amide bonds. The maximum Gasteiger partial charge on any atom is 0.254 e. The van der Waals surface area contributed by atoms with E-state index in [-0.39, 0.29) is 24.9 Å². The third-order valence-corrected chi connectivity index (χ3v) is 6.08. The minimum Gasteiger partial charge on any atom is -0.399 e. The Balaban J connectivity index is 1.42. The Morgan fingerprint density at radius 3 is 2.29 bits per heavy atom. The Morgan fingerprint density at radius 1 is 1.00 bits per heavy atom. The van der Waals surface area contributed by atoms with Crippen LogP contribution >= 0.6 is 0 Å². The van der Waals surface area contributed by atoms with Crippen molar-refractivity contribution in [1.29, 1.82) is 0 Å². The average Bonchev–Trinajstić information content (AvgIpc) is 3.33. The molecular formula is C28H29N3O4. The van der Waals surface area contributed by atoms with Crippen LogP contribution in [0.3, 0.4) is 0 Å². The van der Waals surface area contributed by atoms with E-state index in [2.05, 4.69) is 10.5 Å². The van der Waals surface area contributed by atoms with E-state index in [1.807, 2.05) is 72.8 Å². The van der Waals surface area contributed by atoms with E-state index < -0.39 is 12.1 Å². The van der Waals surface area contributed by atoms with Crippen molar-refractivity contribution in [2.75, 3.05) is 20.2 Å². The van der Waals surface area contributed by atoms with Gasteiger partial charge in [0.2, 0.25) is 5.91 Å². The molecule has 2 N–H and O–H groups in total. The molecule has 0 bridgehead atoms. The normalized spacial score (nSPS) is 17.3. The Bertz CT molecular complexity index is 1160. The zero-order valence-electron chi connectivity index (χ0n) is 19.6. The van der Waals surface area contributed by atoms with Gasteiger partial charge >= 0.3 is 0 Å². The average molecular weight is 472 g/mol. The molecule has 3 aromatic rings. The summed E-state index contributed by atoms with van der Waals surface area (Å²) in [5.41, 5.74) is 4.01. The first-order valence-electron chi connectivity index (χ1n) is 11.6. The second-order valence-electron chi connectivity index (χ2n) is 8.44. The van der Waals surface area contributed by atoms with Crippen molar-refractivity contribution in [3.63, 3.8) is 0 Å². The fourth-order valence-corrected chi connectivity index (χ4v) is 4.24. The summed E-state index contributed by atoms with van der Waals surface area (Å²) in [6.07, 6.45) is -0.00272. The second kappa shape index (κ2) is 11.4. The fraction of sp³-hybridized carbons (Fsp3) is 0.250. The highest BCUT2D eigenvalue weighted by molar-refractivity contribution is 6.05. The van der Waals surface area contributed by atoms with Crippen LogP contribution in [0, 0.1) is 0 Å². The summed E-state index contributed by atoms with van der Waals surface area (Å²) in [5, 5.41) is 17.2. The molecule has 180 valence electrons. The van der Waals surface area contributed by atoms with Crippen LogP contribution in [-0.4, -0.2) is 53.8 Å². The van der Waals surface area contributed by atoms with Crippen LogP contribution < -0.4 is 5.32 Å². The summed E-state index contributed by atoms with van der Waals surface area (Å²) in [6, 6.07) is 25.9. The molecule has 0 aromatic heterocycles. The molecule has 1 aliphatic heterocycles. The third kappa shape index (κ3) is 5.94. The Morgan fingerprint density at radius 2 is 1.63 bits per heavy atom. The molecule has 0 radical (unpaired) electrons. The molecule has 3 aromatic carbocycles. The fourth-order valence-electron chi connectivity index (χ4n) is 4.24. The minimum atomic E-state index is -0.695. The first-order valence-corrected chi connectivity index (χ1v) is 11.6. The van der Waals surface area contributed by atoms with E-state index in [0.29, 0.717) is 24.1 Å². The molecule has 7 heteroatoms. The number of carbonyl (C=O) groups excluding carboxylic acids is 2. The zero-order valence-corrected chi connectivity index (χ0v) is 19.6. The van der Waals surface area contributed by atoms with Gasteiger partial charge in [-0.05, 0) is 35.2 Å². The lowest BCUT2D eigenvalue weighted by Crippen LogP contribution is -2.46. The van der Waals surface area contributed by atoms with E-state index >= 15 is 0 Å². The summed E-state index contributed by atoms with van der Waals surface area (Å²) in [7, 11) is 1.44. The summed E-state index contributed by atoms with van der Waals surface area (Å²) in [6.45, 7) is 0.508. The van der Waals surface area contributed by atoms with Gasteiger partial charge in [0.15, 0.2) is 0 Å². The molecule has 35 heavy (non-hydrogen) atoms. The van der Waals surface area contributed by atoms with Crippen LogP contribution in [0.5, 0.6) is 0 Å². The number of hydrogen-bond acceptors (Lipinski definition) is 5. The van der Waals surface area contributed by atoms with Gasteiger partial charge in [-0.25, -0.2) is 0 Å². The van der Waals surface area contributed by atoms with Gasteiger partial charge in [-0.3, -0.25) is 9.59 Å². The Kier molecular flexibility index (Phi) is 7.90. The van der Waals surface area contributed by atoms with Crippen molar-refractivity contribution < 1.29 is 19.5 Å². The molecule has 7 nitrogen and oxygen atoms in total. The van der Waals surface area contributed by atoms with Crippen molar-refractivity contribution in [3.8, 4) is 11.1 Å². The van der Waals surface area contributed by atoms with Gasteiger partial charge in [0.05, 0.1) is 18.4 Å². The molecule has 0 spiro atoms. The maximum absolute atomic E-state index is 13.3. The number of aliphatic hydroxyl groups is 1. The molecule has 1 fully saturated rings.